The average Bonchev–Trinajstić information content (AvgIpc) is 2.97. The third-order valence-corrected chi connectivity index (χ3v) is 4.47. The van der Waals surface area contributed by atoms with Crippen molar-refractivity contribution in [1.82, 2.24) is 20.2 Å². The number of amides is 3. The number of benzene rings is 1. The molecule has 1 fully saturated rings. The minimum Gasteiger partial charge on any atom is -0.370 e. The van der Waals surface area contributed by atoms with Gasteiger partial charge in [0.15, 0.2) is 0 Å². The van der Waals surface area contributed by atoms with E-state index in [-0.39, 0.29) is 11.9 Å². The lowest BCUT2D eigenvalue weighted by molar-refractivity contribution is -0.119. The van der Waals surface area contributed by atoms with Crippen molar-refractivity contribution in [1.29, 1.82) is 0 Å². The normalized spacial score (nSPS) is 15.6. The van der Waals surface area contributed by atoms with Crippen molar-refractivity contribution in [2.75, 3.05) is 19.6 Å². The van der Waals surface area contributed by atoms with E-state index < -0.39 is 0 Å². The summed E-state index contributed by atoms with van der Waals surface area (Å²) in [5.41, 5.74) is 7.18. The summed E-state index contributed by atoms with van der Waals surface area (Å²) >= 11 is 0. The summed E-state index contributed by atoms with van der Waals surface area (Å²) in [5.74, 6) is 0.919. The van der Waals surface area contributed by atoms with Gasteiger partial charge in [-0.2, -0.15) is 0 Å². The zero-order valence-corrected chi connectivity index (χ0v) is 13.6. The largest absolute Gasteiger partial charge is 0.370 e. The number of nitrogens with two attached hydrogens (primary N) is 1. The van der Waals surface area contributed by atoms with Crippen molar-refractivity contribution >= 4 is 23.0 Å². The van der Waals surface area contributed by atoms with Gasteiger partial charge in [-0.3, -0.25) is 4.79 Å². The van der Waals surface area contributed by atoms with Gasteiger partial charge in [-0.25, -0.2) is 9.78 Å². The van der Waals surface area contributed by atoms with Crippen LogP contribution in [0.4, 0.5) is 4.79 Å². The number of urea groups is 1. The van der Waals surface area contributed by atoms with E-state index in [4.69, 9.17) is 5.73 Å². The lowest BCUT2D eigenvalue weighted by Crippen LogP contribution is -2.45. The minimum atomic E-state index is -0.260. The number of H-pyrrole nitrogens is 1. The van der Waals surface area contributed by atoms with Crippen LogP contribution in [0.5, 0.6) is 0 Å². The van der Waals surface area contributed by atoms with Crippen molar-refractivity contribution in [3.8, 4) is 0 Å². The van der Waals surface area contributed by atoms with Crippen LogP contribution < -0.4 is 11.1 Å². The van der Waals surface area contributed by atoms with Crippen LogP contribution in [0.2, 0.25) is 0 Å². The fraction of sp³-hybridized carbons (Fsp3) is 0.471. The Morgan fingerprint density at radius 3 is 2.75 bits per heavy atom. The third-order valence-electron chi connectivity index (χ3n) is 4.47. The number of likely N-dealkylation sites (tertiary alicyclic amines) is 1. The zero-order chi connectivity index (χ0) is 16.9. The molecule has 4 N–H and O–H groups in total. The number of para-hydroxylation sites is 2. The smallest absolute Gasteiger partial charge is 0.317 e. The number of hydrogen-bond acceptors (Lipinski definition) is 3. The number of aromatic amines is 1. The Hall–Kier alpha value is -2.57. The van der Waals surface area contributed by atoms with Gasteiger partial charge >= 0.3 is 6.03 Å². The molecule has 0 atom stereocenters. The zero-order valence-electron chi connectivity index (χ0n) is 13.6. The standard InChI is InChI=1S/C17H23N5O2/c18-15(23)11-12-6-9-22(10-7-12)17(24)19-8-5-16-20-13-3-1-2-4-14(13)21-16/h1-4,12H,5-11H2,(H2,18,23)(H,19,24)(H,20,21). The summed E-state index contributed by atoms with van der Waals surface area (Å²) in [5, 5.41) is 2.94. The molecular formula is C17H23N5O2. The molecule has 3 rings (SSSR count). The molecule has 3 amide bonds. The number of primary amides is 1. The Morgan fingerprint density at radius 2 is 2.04 bits per heavy atom. The summed E-state index contributed by atoms with van der Waals surface area (Å²) in [4.78, 5) is 32.7. The maximum Gasteiger partial charge on any atom is 0.317 e. The van der Waals surface area contributed by atoms with Gasteiger partial charge in [-0.1, -0.05) is 12.1 Å². The second kappa shape index (κ2) is 7.33. The first-order chi connectivity index (χ1) is 11.6. The van der Waals surface area contributed by atoms with Gasteiger partial charge in [0.05, 0.1) is 11.0 Å². The van der Waals surface area contributed by atoms with E-state index in [0.29, 0.717) is 38.4 Å². The first kappa shape index (κ1) is 16.3. The highest BCUT2D eigenvalue weighted by molar-refractivity contribution is 5.76. The molecular weight excluding hydrogens is 306 g/mol. The van der Waals surface area contributed by atoms with Crippen molar-refractivity contribution in [2.45, 2.75) is 25.7 Å². The molecule has 7 heteroatoms. The SMILES string of the molecule is NC(=O)CC1CCN(C(=O)NCCc2nc3ccccc3[nH]2)CC1. The van der Waals surface area contributed by atoms with E-state index in [1.165, 1.54) is 0 Å². The molecule has 1 saturated heterocycles. The van der Waals surface area contributed by atoms with Crippen LogP contribution in [0.15, 0.2) is 24.3 Å². The van der Waals surface area contributed by atoms with E-state index >= 15 is 0 Å². The van der Waals surface area contributed by atoms with Gasteiger partial charge in [0.1, 0.15) is 5.82 Å². The minimum absolute atomic E-state index is 0.0522. The number of hydrogen-bond donors (Lipinski definition) is 3. The van der Waals surface area contributed by atoms with Crippen LogP contribution in [-0.2, 0) is 11.2 Å². The van der Waals surface area contributed by atoms with Crippen LogP contribution in [0, 0.1) is 5.92 Å². The Morgan fingerprint density at radius 1 is 1.29 bits per heavy atom. The fourth-order valence-corrected chi connectivity index (χ4v) is 3.15. The van der Waals surface area contributed by atoms with Crippen molar-refractivity contribution in [3.63, 3.8) is 0 Å². The van der Waals surface area contributed by atoms with Crippen LogP contribution in [0.1, 0.15) is 25.1 Å². The summed E-state index contributed by atoms with van der Waals surface area (Å²) in [7, 11) is 0. The first-order valence-electron chi connectivity index (χ1n) is 8.36. The van der Waals surface area contributed by atoms with E-state index in [2.05, 4.69) is 15.3 Å². The highest BCUT2D eigenvalue weighted by Gasteiger charge is 2.23. The highest BCUT2D eigenvalue weighted by atomic mass is 16.2. The lowest BCUT2D eigenvalue weighted by atomic mass is 9.93. The molecule has 2 heterocycles. The van der Waals surface area contributed by atoms with Crippen LogP contribution in [0.25, 0.3) is 11.0 Å². The van der Waals surface area contributed by atoms with E-state index in [0.717, 1.165) is 29.7 Å². The number of nitrogens with zero attached hydrogens (tertiary/aromatic N) is 2. The number of imidazole rings is 1. The first-order valence-corrected chi connectivity index (χ1v) is 8.36. The second-order valence-electron chi connectivity index (χ2n) is 6.28. The van der Waals surface area contributed by atoms with Crippen LogP contribution in [-0.4, -0.2) is 46.4 Å². The quantitative estimate of drug-likeness (QED) is 0.772. The molecule has 0 spiro atoms. The Kier molecular flexibility index (Phi) is 4.98. The molecule has 1 aliphatic rings. The van der Waals surface area contributed by atoms with E-state index in [1.54, 1.807) is 4.90 Å². The van der Waals surface area contributed by atoms with Crippen molar-refractivity contribution < 1.29 is 9.59 Å². The van der Waals surface area contributed by atoms with Gasteiger partial charge in [0.2, 0.25) is 5.91 Å². The van der Waals surface area contributed by atoms with Crippen LogP contribution in [0.3, 0.4) is 0 Å². The average molecular weight is 329 g/mol. The highest BCUT2D eigenvalue weighted by Crippen LogP contribution is 2.20. The maximum absolute atomic E-state index is 12.2. The molecule has 0 radical (unpaired) electrons. The van der Waals surface area contributed by atoms with Gasteiger partial charge in [-0.15, -0.1) is 0 Å². The Bertz CT molecular complexity index is 686. The Balaban J connectivity index is 1.42. The third kappa shape index (κ3) is 4.04. The number of piperidine rings is 1. The molecule has 0 aliphatic carbocycles. The maximum atomic E-state index is 12.2. The lowest BCUT2D eigenvalue weighted by Gasteiger charge is -2.31. The molecule has 1 aliphatic heterocycles. The fourth-order valence-electron chi connectivity index (χ4n) is 3.15. The number of carbonyl (C=O) groups is 2. The van der Waals surface area contributed by atoms with Crippen molar-refractivity contribution in [2.24, 2.45) is 11.7 Å². The second-order valence-corrected chi connectivity index (χ2v) is 6.28. The van der Waals surface area contributed by atoms with Crippen molar-refractivity contribution in [3.05, 3.63) is 30.1 Å². The van der Waals surface area contributed by atoms with E-state index in [1.807, 2.05) is 24.3 Å². The molecule has 1 aromatic heterocycles. The van der Waals surface area contributed by atoms with Gasteiger partial charge in [0.25, 0.3) is 0 Å². The number of nitrogens with one attached hydrogen (secondary N) is 2. The predicted octanol–water partition coefficient (Wildman–Crippen LogP) is 1.40. The molecule has 1 aromatic carbocycles. The summed E-state index contributed by atoms with van der Waals surface area (Å²) < 4.78 is 0. The van der Waals surface area contributed by atoms with Crippen LogP contribution >= 0.6 is 0 Å². The molecule has 0 unspecified atom stereocenters. The predicted molar refractivity (Wildman–Crippen MR) is 91.3 cm³/mol. The summed E-state index contributed by atoms with van der Waals surface area (Å²) in [6, 6.07) is 7.82. The molecule has 0 bridgehead atoms. The monoisotopic (exact) mass is 329 g/mol. The number of rotatable bonds is 5. The van der Waals surface area contributed by atoms with Gasteiger partial charge in [-0.05, 0) is 30.9 Å². The Labute approximate surface area is 140 Å². The number of fused-ring (bicyclic) bond motifs is 1. The topological polar surface area (TPSA) is 104 Å². The summed E-state index contributed by atoms with van der Waals surface area (Å²) in [6.07, 6.45) is 2.75. The molecule has 0 saturated carbocycles. The number of aromatic nitrogens is 2. The number of carbonyl (C=O) groups excluding carboxylic acids is 2. The van der Waals surface area contributed by atoms with E-state index in [9.17, 15) is 9.59 Å². The molecule has 128 valence electrons. The molecule has 2 aromatic rings. The van der Waals surface area contributed by atoms with Gasteiger partial charge in [0, 0.05) is 32.5 Å². The molecule has 24 heavy (non-hydrogen) atoms. The molecule has 7 nitrogen and oxygen atoms in total. The van der Waals surface area contributed by atoms with Gasteiger partial charge < -0.3 is 20.9 Å². The summed E-state index contributed by atoms with van der Waals surface area (Å²) in [6.45, 7) is 1.89.